The molecule has 0 saturated carbocycles. The lowest BCUT2D eigenvalue weighted by Crippen LogP contribution is -1.87. The van der Waals surface area contributed by atoms with E-state index in [4.69, 9.17) is 0 Å². The minimum atomic E-state index is 1.09. The van der Waals surface area contributed by atoms with E-state index in [0.29, 0.717) is 0 Å². The number of nitrogens with zero attached hydrogens (tertiary/aromatic N) is 1. The fourth-order valence-electron chi connectivity index (χ4n) is 0.991. The maximum Gasteiger partial charge on any atom is 0.0656 e. The Morgan fingerprint density at radius 2 is 2.30 bits per heavy atom. The van der Waals surface area contributed by atoms with Gasteiger partial charge in [-0.2, -0.15) is 5.10 Å². The van der Waals surface area contributed by atoms with Crippen molar-refractivity contribution in [3.63, 3.8) is 0 Å². The van der Waals surface area contributed by atoms with Crippen molar-refractivity contribution in [2.45, 2.75) is 0 Å². The molecule has 2 rings (SSSR count). The molecule has 0 saturated heterocycles. The molecule has 0 aliphatic heterocycles. The normalized spacial score (nSPS) is 10.5. The first kappa shape index (κ1) is 5.87. The summed E-state index contributed by atoms with van der Waals surface area (Å²) in [4.78, 5) is 0. The van der Waals surface area contributed by atoms with Gasteiger partial charge in [-0.25, -0.2) is 0 Å². The van der Waals surface area contributed by atoms with Crippen molar-refractivity contribution < 1.29 is 0 Å². The van der Waals surface area contributed by atoms with Crippen LogP contribution in [0.3, 0.4) is 0 Å². The Morgan fingerprint density at radius 3 is 3.10 bits per heavy atom. The standard InChI is InChI=1S/C7H7N2P/c10-7-3-1-2-6-5(7)4-8-9-6/h1-4H,10H2,(H,8,9). The van der Waals surface area contributed by atoms with Crippen LogP contribution in [0.5, 0.6) is 0 Å². The Hall–Kier alpha value is -0.880. The van der Waals surface area contributed by atoms with E-state index in [0.717, 1.165) is 5.52 Å². The molecule has 50 valence electrons. The third-order valence-electron chi connectivity index (χ3n) is 1.52. The van der Waals surface area contributed by atoms with E-state index in [1.54, 1.807) is 0 Å². The summed E-state index contributed by atoms with van der Waals surface area (Å²) in [5.74, 6) is 0. The van der Waals surface area contributed by atoms with Gasteiger partial charge < -0.3 is 0 Å². The van der Waals surface area contributed by atoms with Gasteiger partial charge in [0.15, 0.2) is 0 Å². The van der Waals surface area contributed by atoms with Gasteiger partial charge in [0.05, 0.1) is 11.7 Å². The fraction of sp³-hybridized carbons (Fsp3) is 0. The molecule has 0 aliphatic carbocycles. The van der Waals surface area contributed by atoms with Crippen molar-refractivity contribution in [3.8, 4) is 0 Å². The molecule has 1 aromatic heterocycles. The molecule has 0 spiro atoms. The topological polar surface area (TPSA) is 28.7 Å². The highest BCUT2D eigenvalue weighted by molar-refractivity contribution is 7.28. The van der Waals surface area contributed by atoms with Crippen LogP contribution in [0.25, 0.3) is 10.9 Å². The molecule has 0 radical (unpaired) electrons. The summed E-state index contributed by atoms with van der Waals surface area (Å²) in [5, 5.41) is 9.18. The number of aromatic nitrogens is 2. The van der Waals surface area contributed by atoms with Gasteiger partial charge in [-0.15, -0.1) is 9.24 Å². The predicted molar refractivity (Wildman–Crippen MR) is 45.4 cm³/mol. The van der Waals surface area contributed by atoms with E-state index in [2.05, 4.69) is 19.4 Å². The first-order chi connectivity index (χ1) is 4.88. The van der Waals surface area contributed by atoms with Crippen LogP contribution in [0, 0.1) is 0 Å². The van der Waals surface area contributed by atoms with Gasteiger partial charge in [0.1, 0.15) is 0 Å². The Bertz CT molecular complexity index is 353. The monoisotopic (exact) mass is 150 g/mol. The first-order valence-electron chi connectivity index (χ1n) is 3.05. The van der Waals surface area contributed by atoms with Gasteiger partial charge in [0.25, 0.3) is 0 Å². The van der Waals surface area contributed by atoms with Crippen molar-refractivity contribution >= 4 is 25.4 Å². The van der Waals surface area contributed by atoms with Crippen molar-refractivity contribution in [2.75, 3.05) is 0 Å². The van der Waals surface area contributed by atoms with Crippen LogP contribution in [-0.2, 0) is 0 Å². The zero-order chi connectivity index (χ0) is 6.97. The van der Waals surface area contributed by atoms with Crippen molar-refractivity contribution in [1.29, 1.82) is 0 Å². The Balaban J connectivity index is 2.95. The van der Waals surface area contributed by atoms with Crippen LogP contribution in [0.15, 0.2) is 24.4 Å². The summed E-state index contributed by atoms with van der Waals surface area (Å²) in [6, 6.07) is 6.06. The molecule has 2 nitrogen and oxygen atoms in total. The summed E-state index contributed by atoms with van der Waals surface area (Å²) in [7, 11) is 2.67. The van der Waals surface area contributed by atoms with Gasteiger partial charge in [-0.05, 0) is 11.4 Å². The molecular formula is C7H7N2P. The molecule has 1 atom stereocenters. The lowest BCUT2D eigenvalue weighted by atomic mass is 10.3. The van der Waals surface area contributed by atoms with Crippen molar-refractivity contribution in [3.05, 3.63) is 24.4 Å². The summed E-state index contributed by atoms with van der Waals surface area (Å²) in [5.41, 5.74) is 1.09. The van der Waals surface area contributed by atoms with Gasteiger partial charge in [-0.3, -0.25) is 5.10 Å². The van der Waals surface area contributed by atoms with E-state index >= 15 is 0 Å². The van der Waals surface area contributed by atoms with E-state index in [1.165, 1.54) is 10.7 Å². The molecule has 1 N–H and O–H groups in total. The highest BCUT2D eigenvalue weighted by Crippen LogP contribution is 2.08. The highest BCUT2D eigenvalue weighted by atomic mass is 31.0. The molecule has 1 unspecified atom stereocenters. The Labute approximate surface area is 60.8 Å². The van der Waals surface area contributed by atoms with Gasteiger partial charge in [0, 0.05) is 5.39 Å². The number of benzene rings is 1. The Kier molecular flexibility index (Phi) is 1.21. The van der Waals surface area contributed by atoms with Gasteiger partial charge in [0.2, 0.25) is 0 Å². The molecular weight excluding hydrogens is 143 g/mol. The van der Waals surface area contributed by atoms with E-state index in [-0.39, 0.29) is 0 Å². The minimum absolute atomic E-state index is 1.09. The number of fused-ring (bicyclic) bond motifs is 1. The summed E-state index contributed by atoms with van der Waals surface area (Å²) in [6.07, 6.45) is 1.83. The number of nitrogens with one attached hydrogen (secondary N) is 1. The second kappa shape index (κ2) is 2.06. The van der Waals surface area contributed by atoms with Gasteiger partial charge >= 0.3 is 0 Å². The second-order valence-electron chi connectivity index (χ2n) is 2.18. The molecule has 2 aromatic rings. The zero-order valence-corrected chi connectivity index (χ0v) is 6.49. The van der Waals surface area contributed by atoms with Crippen LogP contribution in [0.2, 0.25) is 0 Å². The lowest BCUT2D eigenvalue weighted by molar-refractivity contribution is 1.12. The van der Waals surface area contributed by atoms with E-state index in [1.807, 2.05) is 24.4 Å². The van der Waals surface area contributed by atoms with E-state index in [9.17, 15) is 0 Å². The van der Waals surface area contributed by atoms with Crippen LogP contribution >= 0.6 is 9.24 Å². The second-order valence-corrected chi connectivity index (χ2v) is 2.80. The van der Waals surface area contributed by atoms with Crippen LogP contribution in [0.4, 0.5) is 0 Å². The molecule has 0 amide bonds. The number of aromatic amines is 1. The fourth-order valence-corrected chi connectivity index (χ4v) is 1.33. The highest BCUT2D eigenvalue weighted by Gasteiger charge is 1.95. The average Bonchev–Trinajstić information content (AvgIpc) is 2.36. The number of H-pyrrole nitrogens is 1. The molecule has 0 fully saturated rings. The van der Waals surface area contributed by atoms with E-state index < -0.39 is 0 Å². The summed E-state index contributed by atoms with van der Waals surface area (Å²) >= 11 is 0. The summed E-state index contributed by atoms with van der Waals surface area (Å²) < 4.78 is 0. The van der Waals surface area contributed by atoms with Crippen molar-refractivity contribution in [2.24, 2.45) is 0 Å². The first-order valence-corrected chi connectivity index (χ1v) is 3.63. The third-order valence-corrected chi connectivity index (χ3v) is 2.02. The quantitative estimate of drug-likeness (QED) is 0.559. The largest absolute Gasteiger partial charge is 0.278 e. The average molecular weight is 150 g/mol. The maximum atomic E-state index is 3.92. The zero-order valence-electron chi connectivity index (χ0n) is 5.33. The van der Waals surface area contributed by atoms with Crippen LogP contribution in [-0.4, -0.2) is 10.2 Å². The number of hydrogen-bond donors (Lipinski definition) is 1. The number of hydrogen-bond acceptors (Lipinski definition) is 1. The van der Waals surface area contributed by atoms with Crippen LogP contribution in [0.1, 0.15) is 0 Å². The number of rotatable bonds is 0. The molecule has 1 heterocycles. The third kappa shape index (κ3) is 0.729. The lowest BCUT2D eigenvalue weighted by Gasteiger charge is -1.90. The maximum absolute atomic E-state index is 3.92. The predicted octanol–water partition coefficient (Wildman–Crippen LogP) is 1.06. The smallest absolute Gasteiger partial charge is 0.0656 e. The minimum Gasteiger partial charge on any atom is -0.278 e. The molecule has 0 bridgehead atoms. The van der Waals surface area contributed by atoms with Gasteiger partial charge in [-0.1, -0.05) is 12.1 Å². The van der Waals surface area contributed by atoms with Crippen molar-refractivity contribution in [1.82, 2.24) is 10.2 Å². The SMILES string of the molecule is Pc1cccc2[nH]ncc12. The molecule has 1 aromatic carbocycles. The molecule has 3 heteroatoms. The summed E-state index contributed by atoms with van der Waals surface area (Å²) in [6.45, 7) is 0. The Morgan fingerprint density at radius 1 is 1.40 bits per heavy atom. The molecule has 10 heavy (non-hydrogen) atoms. The van der Waals surface area contributed by atoms with Crippen LogP contribution < -0.4 is 5.30 Å². The molecule has 0 aliphatic rings.